The second kappa shape index (κ2) is 4.54. The maximum atomic E-state index is 9.75. The minimum atomic E-state index is 0.0564. The van der Waals surface area contributed by atoms with Crippen LogP contribution in [0.15, 0.2) is 36.5 Å². The molecule has 0 bridgehead atoms. The van der Waals surface area contributed by atoms with Crippen molar-refractivity contribution in [2.75, 3.05) is 7.11 Å². The van der Waals surface area contributed by atoms with Crippen molar-refractivity contribution >= 4 is 0 Å². The predicted octanol–water partition coefficient (Wildman–Crippen LogP) is 2.33. The van der Waals surface area contributed by atoms with Gasteiger partial charge in [-0.3, -0.25) is 4.98 Å². The highest BCUT2D eigenvalue weighted by Gasteiger charge is 2.11. The van der Waals surface area contributed by atoms with Crippen molar-refractivity contribution in [2.45, 2.75) is 0 Å². The molecule has 0 fully saturated rings. The first-order valence-corrected chi connectivity index (χ1v) is 4.98. The van der Waals surface area contributed by atoms with Crippen molar-refractivity contribution in [3.63, 3.8) is 0 Å². The van der Waals surface area contributed by atoms with Crippen LogP contribution < -0.4 is 4.74 Å². The Kier molecular flexibility index (Phi) is 2.93. The van der Waals surface area contributed by atoms with Gasteiger partial charge in [0.15, 0.2) is 0 Å². The van der Waals surface area contributed by atoms with E-state index in [2.05, 4.69) is 4.98 Å². The second-order valence-electron chi connectivity index (χ2n) is 3.40. The molecule has 1 aromatic heterocycles. The monoisotopic (exact) mass is 226 g/mol. The van der Waals surface area contributed by atoms with E-state index in [4.69, 9.17) is 10.00 Å². The SMILES string of the molecule is COc1ccc(C#N)cc1-c1ncccc1O. The first-order valence-electron chi connectivity index (χ1n) is 4.98. The lowest BCUT2D eigenvalue weighted by Gasteiger charge is -2.09. The van der Waals surface area contributed by atoms with Crippen LogP contribution in [0.1, 0.15) is 5.56 Å². The molecule has 0 aliphatic rings. The third-order valence-corrected chi connectivity index (χ3v) is 2.37. The normalized spacial score (nSPS) is 9.65. The van der Waals surface area contributed by atoms with Gasteiger partial charge in [0.2, 0.25) is 0 Å². The molecule has 2 rings (SSSR count). The van der Waals surface area contributed by atoms with Crippen LogP contribution >= 0.6 is 0 Å². The van der Waals surface area contributed by atoms with Gasteiger partial charge < -0.3 is 9.84 Å². The molecule has 17 heavy (non-hydrogen) atoms. The molecule has 0 atom stereocenters. The van der Waals surface area contributed by atoms with Crippen molar-refractivity contribution < 1.29 is 9.84 Å². The molecule has 0 aliphatic heterocycles. The number of hydrogen-bond donors (Lipinski definition) is 1. The average Bonchev–Trinajstić information content (AvgIpc) is 2.38. The molecule has 0 unspecified atom stereocenters. The van der Waals surface area contributed by atoms with Crippen LogP contribution in [-0.4, -0.2) is 17.2 Å². The van der Waals surface area contributed by atoms with E-state index in [1.54, 1.807) is 36.5 Å². The largest absolute Gasteiger partial charge is 0.506 e. The van der Waals surface area contributed by atoms with Gasteiger partial charge in [0, 0.05) is 11.8 Å². The highest BCUT2D eigenvalue weighted by atomic mass is 16.5. The minimum absolute atomic E-state index is 0.0564. The lowest BCUT2D eigenvalue weighted by molar-refractivity contribution is 0.415. The summed E-state index contributed by atoms with van der Waals surface area (Å²) in [7, 11) is 1.53. The zero-order chi connectivity index (χ0) is 12.3. The smallest absolute Gasteiger partial charge is 0.141 e. The van der Waals surface area contributed by atoms with Crippen molar-refractivity contribution in [1.29, 1.82) is 5.26 Å². The van der Waals surface area contributed by atoms with Gasteiger partial charge in [-0.15, -0.1) is 0 Å². The Balaban J connectivity index is 2.65. The Morgan fingerprint density at radius 1 is 1.35 bits per heavy atom. The first kappa shape index (κ1) is 11.0. The highest BCUT2D eigenvalue weighted by molar-refractivity contribution is 5.73. The fourth-order valence-electron chi connectivity index (χ4n) is 1.57. The Morgan fingerprint density at radius 3 is 2.82 bits per heavy atom. The quantitative estimate of drug-likeness (QED) is 0.853. The van der Waals surface area contributed by atoms with E-state index in [0.29, 0.717) is 22.6 Å². The van der Waals surface area contributed by atoms with Gasteiger partial charge in [-0.25, -0.2) is 0 Å². The van der Waals surface area contributed by atoms with Crippen LogP contribution in [0.3, 0.4) is 0 Å². The van der Waals surface area contributed by atoms with E-state index < -0.39 is 0 Å². The van der Waals surface area contributed by atoms with Gasteiger partial charge in [0.25, 0.3) is 0 Å². The van der Waals surface area contributed by atoms with Crippen LogP contribution in [0.25, 0.3) is 11.3 Å². The highest BCUT2D eigenvalue weighted by Crippen LogP contribution is 2.34. The molecule has 4 heteroatoms. The number of pyridine rings is 1. The van der Waals surface area contributed by atoms with E-state index in [1.165, 1.54) is 7.11 Å². The van der Waals surface area contributed by atoms with Gasteiger partial charge in [-0.05, 0) is 30.3 Å². The predicted molar refractivity (Wildman–Crippen MR) is 62.6 cm³/mol. The molecular formula is C13H10N2O2. The molecule has 0 spiro atoms. The number of rotatable bonds is 2. The third kappa shape index (κ3) is 2.04. The standard InChI is InChI=1S/C13H10N2O2/c1-17-12-5-4-9(8-14)7-10(12)13-11(16)3-2-6-15-13/h2-7,16H,1H3. The van der Waals surface area contributed by atoms with Crippen molar-refractivity contribution in [3.8, 4) is 28.8 Å². The number of nitriles is 1. The van der Waals surface area contributed by atoms with Gasteiger partial charge in [-0.2, -0.15) is 5.26 Å². The van der Waals surface area contributed by atoms with Gasteiger partial charge in [0.05, 0.1) is 18.7 Å². The summed E-state index contributed by atoms with van der Waals surface area (Å²) in [4.78, 5) is 4.09. The summed E-state index contributed by atoms with van der Waals surface area (Å²) in [6.07, 6.45) is 1.58. The number of aromatic hydroxyl groups is 1. The molecule has 2 aromatic rings. The maximum Gasteiger partial charge on any atom is 0.141 e. The van der Waals surface area contributed by atoms with Gasteiger partial charge in [0.1, 0.15) is 17.2 Å². The first-order chi connectivity index (χ1) is 8.26. The van der Waals surface area contributed by atoms with Crippen molar-refractivity contribution in [3.05, 3.63) is 42.1 Å². The summed E-state index contributed by atoms with van der Waals surface area (Å²) in [5.41, 5.74) is 1.50. The zero-order valence-corrected chi connectivity index (χ0v) is 9.21. The Labute approximate surface area is 98.7 Å². The topological polar surface area (TPSA) is 66.1 Å². The summed E-state index contributed by atoms with van der Waals surface area (Å²) >= 11 is 0. The van der Waals surface area contributed by atoms with Gasteiger partial charge >= 0.3 is 0 Å². The number of nitrogens with zero attached hydrogens (tertiary/aromatic N) is 2. The molecule has 1 aromatic carbocycles. The maximum absolute atomic E-state index is 9.75. The van der Waals surface area contributed by atoms with Crippen LogP contribution in [0.4, 0.5) is 0 Å². The molecule has 0 amide bonds. The summed E-state index contributed by atoms with van der Waals surface area (Å²) in [6.45, 7) is 0. The Bertz CT molecular complexity index is 588. The summed E-state index contributed by atoms with van der Waals surface area (Å²) in [6, 6.07) is 10.2. The Morgan fingerprint density at radius 2 is 2.18 bits per heavy atom. The summed E-state index contributed by atoms with van der Waals surface area (Å²) in [5, 5.41) is 18.6. The molecule has 4 nitrogen and oxygen atoms in total. The minimum Gasteiger partial charge on any atom is -0.506 e. The van der Waals surface area contributed by atoms with Crippen LogP contribution in [-0.2, 0) is 0 Å². The van der Waals surface area contributed by atoms with Crippen molar-refractivity contribution in [1.82, 2.24) is 4.98 Å². The molecule has 0 radical (unpaired) electrons. The molecule has 84 valence electrons. The van der Waals surface area contributed by atoms with E-state index in [9.17, 15) is 5.11 Å². The molecule has 0 saturated carbocycles. The van der Waals surface area contributed by atoms with E-state index >= 15 is 0 Å². The van der Waals surface area contributed by atoms with Crippen LogP contribution in [0, 0.1) is 11.3 Å². The van der Waals surface area contributed by atoms with Crippen molar-refractivity contribution in [2.24, 2.45) is 0 Å². The number of hydrogen-bond acceptors (Lipinski definition) is 4. The molecule has 1 heterocycles. The summed E-state index contributed by atoms with van der Waals surface area (Å²) in [5.74, 6) is 0.624. The number of methoxy groups -OCH3 is 1. The molecular weight excluding hydrogens is 216 g/mol. The second-order valence-corrected chi connectivity index (χ2v) is 3.40. The third-order valence-electron chi connectivity index (χ3n) is 2.37. The molecule has 0 saturated heterocycles. The Hall–Kier alpha value is -2.54. The average molecular weight is 226 g/mol. The molecule has 0 aliphatic carbocycles. The lowest BCUT2D eigenvalue weighted by atomic mass is 10.1. The lowest BCUT2D eigenvalue weighted by Crippen LogP contribution is -1.91. The van der Waals surface area contributed by atoms with Crippen LogP contribution in [0.5, 0.6) is 11.5 Å². The van der Waals surface area contributed by atoms with Gasteiger partial charge in [-0.1, -0.05) is 0 Å². The molecule has 1 N–H and O–H groups in total. The van der Waals surface area contributed by atoms with E-state index in [0.717, 1.165) is 0 Å². The summed E-state index contributed by atoms with van der Waals surface area (Å²) < 4.78 is 5.19. The number of aromatic nitrogens is 1. The number of benzene rings is 1. The van der Waals surface area contributed by atoms with E-state index in [-0.39, 0.29) is 5.75 Å². The fraction of sp³-hybridized carbons (Fsp3) is 0.0769. The zero-order valence-electron chi connectivity index (χ0n) is 9.21. The van der Waals surface area contributed by atoms with E-state index in [1.807, 2.05) is 6.07 Å². The fourth-order valence-corrected chi connectivity index (χ4v) is 1.57. The van der Waals surface area contributed by atoms with Crippen LogP contribution in [0.2, 0.25) is 0 Å². The number of ether oxygens (including phenoxy) is 1.